The van der Waals surface area contributed by atoms with E-state index in [-0.39, 0.29) is 5.92 Å². The first-order valence-corrected chi connectivity index (χ1v) is 11.2. The van der Waals surface area contributed by atoms with Gasteiger partial charge in [0.15, 0.2) is 0 Å². The highest BCUT2D eigenvalue weighted by Crippen LogP contribution is 2.26. The number of carbonyl (C=O) groups is 1. The number of imidazole rings is 1. The number of primary amides is 1. The van der Waals surface area contributed by atoms with E-state index in [1.807, 2.05) is 68.3 Å². The standard InChI is InChI=1S/C25H28N8O/c1-5-16-10-17(24(27)34)6-7-19(16)31-25-22(23(26)15(2)3)21(8-9-28-25)33-13-20(29-14-33)18-11-30-32(4)12-18/h6-15,26H,5H2,1-4H3,(H2,27,34)(H,28,31)/p+1. The molecule has 3 aromatic heterocycles. The molecule has 0 aliphatic rings. The van der Waals surface area contributed by atoms with Crippen LogP contribution in [0.1, 0.15) is 42.3 Å². The number of nitrogens with one attached hydrogen (secondary N) is 1. The smallest absolute Gasteiger partial charge is 0.248 e. The molecule has 9 heteroatoms. The summed E-state index contributed by atoms with van der Waals surface area (Å²) >= 11 is 0. The fourth-order valence-corrected chi connectivity index (χ4v) is 3.87. The Labute approximate surface area is 198 Å². The second kappa shape index (κ2) is 9.40. The van der Waals surface area contributed by atoms with E-state index >= 15 is 0 Å². The minimum atomic E-state index is -0.451. The molecule has 0 unspecified atom stereocenters. The third kappa shape index (κ3) is 4.51. The lowest BCUT2D eigenvalue weighted by molar-refractivity contribution is -0.483. The van der Waals surface area contributed by atoms with Crippen LogP contribution in [0.25, 0.3) is 16.9 Å². The lowest BCUT2D eigenvalue weighted by atomic mass is 9.98. The molecule has 0 fully saturated rings. The second-order valence-electron chi connectivity index (χ2n) is 8.50. The van der Waals surface area contributed by atoms with Crippen molar-refractivity contribution in [2.75, 3.05) is 0 Å². The molecule has 0 saturated carbocycles. The maximum absolute atomic E-state index is 11.6. The third-order valence-electron chi connectivity index (χ3n) is 5.77. The number of rotatable bonds is 8. The van der Waals surface area contributed by atoms with E-state index in [2.05, 4.69) is 15.1 Å². The molecule has 5 N–H and O–H groups in total. The van der Waals surface area contributed by atoms with E-state index in [0.29, 0.717) is 17.1 Å². The van der Waals surface area contributed by atoms with Gasteiger partial charge in [0.05, 0.1) is 29.6 Å². The first kappa shape index (κ1) is 23.1. The molecule has 0 saturated heterocycles. The van der Waals surface area contributed by atoms with Crippen LogP contribution in [0.15, 0.2) is 55.4 Å². The van der Waals surface area contributed by atoms with Crippen molar-refractivity contribution in [1.82, 2.24) is 24.3 Å². The van der Waals surface area contributed by atoms with Crippen LogP contribution in [0.5, 0.6) is 0 Å². The number of carbonyl (C=O) groups excluding carboxylic acids is 1. The van der Waals surface area contributed by atoms with E-state index < -0.39 is 5.91 Å². The average molecular weight is 458 g/mol. The summed E-state index contributed by atoms with van der Waals surface area (Å²) in [5, 5.41) is 15.1. The number of amides is 1. The van der Waals surface area contributed by atoms with Crippen LogP contribution in [0, 0.1) is 11.3 Å². The average Bonchev–Trinajstić information content (AvgIpc) is 3.47. The number of pyridine rings is 1. The Bertz CT molecular complexity index is 1370. The molecule has 1 amide bonds. The fraction of sp³-hybridized carbons (Fsp3) is 0.240. The van der Waals surface area contributed by atoms with Gasteiger partial charge in [-0.25, -0.2) is 9.97 Å². The number of aromatic nitrogens is 5. The summed E-state index contributed by atoms with van der Waals surface area (Å²) in [4.78, 5) is 20.8. The summed E-state index contributed by atoms with van der Waals surface area (Å²) < 4.78 is 3.66. The Hall–Kier alpha value is -4.11. The number of benzene rings is 1. The van der Waals surface area contributed by atoms with Gasteiger partial charge in [0, 0.05) is 48.4 Å². The number of quaternary nitrogens is 1. The van der Waals surface area contributed by atoms with Gasteiger partial charge in [-0.3, -0.25) is 14.8 Å². The summed E-state index contributed by atoms with van der Waals surface area (Å²) in [7, 11) is 1.87. The zero-order valence-electron chi connectivity index (χ0n) is 19.8. The van der Waals surface area contributed by atoms with E-state index in [1.54, 1.807) is 29.5 Å². The van der Waals surface area contributed by atoms with Gasteiger partial charge in [0.2, 0.25) is 11.7 Å². The predicted octanol–water partition coefficient (Wildman–Crippen LogP) is 2.88. The minimum Gasteiger partial charge on any atom is -0.366 e. The molecule has 0 aliphatic carbocycles. The maximum atomic E-state index is 11.6. The lowest BCUT2D eigenvalue weighted by Gasteiger charge is -2.16. The van der Waals surface area contributed by atoms with Gasteiger partial charge in [-0.05, 0) is 30.5 Å². The Balaban J connectivity index is 1.80. The van der Waals surface area contributed by atoms with Crippen molar-refractivity contribution in [1.29, 1.82) is 5.41 Å². The Morgan fingerprint density at radius 1 is 1.21 bits per heavy atom. The molecule has 4 aromatic rings. The van der Waals surface area contributed by atoms with Gasteiger partial charge in [-0.2, -0.15) is 5.10 Å². The van der Waals surface area contributed by atoms with Gasteiger partial charge in [0.25, 0.3) is 0 Å². The molecule has 3 heterocycles. The van der Waals surface area contributed by atoms with Crippen LogP contribution in [0.3, 0.4) is 0 Å². The number of hydrogen-bond donors (Lipinski definition) is 3. The molecular formula is C25H29N8O+. The largest absolute Gasteiger partial charge is 0.366 e. The van der Waals surface area contributed by atoms with Crippen molar-refractivity contribution < 1.29 is 10.1 Å². The summed E-state index contributed by atoms with van der Waals surface area (Å²) in [5.41, 5.74) is 11.7. The van der Waals surface area contributed by atoms with Crippen LogP contribution < -0.4 is 11.1 Å². The topological polar surface area (TPSA) is 132 Å². The van der Waals surface area contributed by atoms with Crippen LogP contribution in [0.2, 0.25) is 0 Å². The van der Waals surface area contributed by atoms with Gasteiger partial charge < -0.3 is 15.7 Å². The van der Waals surface area contributed by atoms with Crippen LogP contribution in [0.4, 0.5) is 11.5 Å². The minimum absolute atomic E-state index is 0.000650. The molecule has 9 nitrogen and oxygen atoms in total. The van der Waals surface area contributed by atoms with Crippen molar-refractivity contribution in [3.8, 4) is 16.9 Å². The summed E-state index contributed by atoms with van der Waals surface area (Å²) in [6.45, 7) is 6.03. The number of aryl methyl sites for hydroxylation is 2. The quantitative estimate of drug-likeness (QED) is 0.277. The van der Waals surface area contributed by atoms with Crippen molar-refractivity contribution in [3.05, 3.63) is 72.1 Å². The molecule has 4 rings (SSSR count). The summed E-state index contributed by atoms with van der Waals surface area (Å²) in [6.07, 6.45) is 9.85. The summed E-state index contributed by atoms with van der Waals surface area (Å²) in [6, 6.07) is 7.32. The second-order valence-corrected chi connectivity index (χ2v) is 8.50. The SMILES string of the molecule is CCc1cc(C(N)=O)ccc1[NH2+]c1nccc(-n2cnc(-c3cnn(C)c3)c2)c1C(=N)C(C)C. The first-order chi connectivity index (χ1) is 16.3. The van der Waals surface area contributed by atoms with Crippen LogP contribution in [-0.4, -0.2) is 35.9 Å². The highest BCUT2D eigenvalue weighted by molar-refractivity contribution is 6.05. The lowest BCUT2D eigenvalue weighted by Crippen LogP contribution is -2.73. The summed E-state index contributed by atoms with van der Waals surface area (Å²) in [5.74, 6) is 0.238. The molecule has 174 valence electrons. The van der Waals surface area contributed by atoms with E-state index in [4.69, 9.17) is 11.1 Å². The van der Waals surface area contributed by atoms with Crippen LogP contribution >= 0.6 is 0 Å². The normalized spacial score (nSPS) is 11.2. The molecule has 0 spiro atoms. The molecular weight excluding hydrogens is 428 g/mol. The number of nitrogens with zero attached hydrogens (tertiary/aromatic N) is 5. The highest BCUT2D eigenvalue weighted by Gasteiger charge is 2.23. The molecule has 0 aliphatic heterocycles. The van der Waals surface area contributed by atoms with E-state index in [9.17, 15) is 4.79 Å². The van der Waals surface area contributed by atoms with E-state index in [0.717, 1.165) is 40.2 Å². The van der Waals surface area contributed by atoms with Gasteiger partial charge in [-0.1, -0.05) is 20.8 Å². The first-order valence-electron chi connectivity index (χ1n) is 11.2. The highest BCUT2D eigenvalue weighted by atomic mass is 16.1. The van der Waals surface area contributed by atoms with Gasteiger partial charge in [-0.15, -0.1) is 0 Å². The number of nitrogens with two attached hydrogens (primary N) is 2. The zero-order valence-corrected chi connectivity index (χ0v) is 19.8. The maximum Gasteiger partial charge on any atom is 0.248 e. The van der Waals surface area contributed by atoms with Gasteiger partial charge in [0.1, 0.15) is 11.3 Å². The van der Waals surface area contributed by atoms with Crippen molar-refractivity contribution in [2.24, 2.45) is 18.7 Å². The van der Waals surface area contributed by atoms with E-state index in [1.165, 1.54) is 0 Å². The van der Waals surface area contributed by atoms with Crippen molar-refractivity contribution in [2.45, 2.75) is 27.2 Å². The third-order valence-corrected chi connectivity index (χ3v) is 5.77. The number of hydrogen-bond acceptors (Lipinski definition) is 5. The molecule has 1 aromatic carbocycles. The van der Waals surface area contributed by atoms with Crippen LogP contribution in [-0.2, 0) is 13.5 Å². The predicted molar refractivity (Wildman–Crippen MR) is 131 cm³/mol. The molecule has 34 heavy (non-hydrogen) atoms. The monoisotopic (exact) mass is 457 g/mol. The molecule has 0 radical (unpaired) electrons. The zero-order chi connectivity index (χ0) is 24.4. The Morgan fingerprint density at radius 3 is 2.65 bits per heavy atom. The fourth-order valence-electron chi connectivity index (χ4n) is 3.87. The molecule has 0 bridgehead atoms. The Morgan fingerprint density at radius 2 is 2.00 bits per heavy atom. The van der Waals surface area contributed by atoms with Crippen molar-refractivity contribution >= 4 is 23.1 Å². The Kier molecular flexibility index (Phi) is 6.38. The van der Waals surface area contributed by atoms with Gasteiger partial charge >= 0.3 is 0 Å². The molecule has 0 atom stereocenters. The van der Waals surface area contributed by atoms with Crippen molar-refractivity contribution in [3.63, 3.8) is 0 Å².